The molecule has 0 fully saturated rings. The zero-order chi connectivity index (χ0) is 18.2. The van der Waals surface area contributed by atoms with Gasteiger partial charge in [-0.3, -0.25) is 9.59 Å². The molecule has 0 aromatic carbocycles. The summed E-state index contributed by atoms with van der Waals surface area (Å²) in [6.45, 7) is 1.02. The Balaban J connectivity index is 3.40. The van der Waals surface area contributed by atoms with E-state index in [1.807, 2.05) is 0 Å². The predicted molar refractivity (Wildman–Crippen MR) is 87.3 cm³/mol. The lowest BCUT2D eigenvalue weighted by Gasteiger charge is -2.04. The number of amides is 2. The molecule has 0 atom stereocenters. The molecule has 134 valence electrons. The smallest absolute Gasteiger partial charge is 0.328 e. The third-order valence-electron chi connectivity index (χ3n) is 2.96. The van der Waals surface area contributed by atoms with E-state index < -0.39 is 23.8 Å². The lowest BCUT2D eigenvalue weighted by Crippen LogP contribution is -2.22. The summed E-state index contributed by atoms with van der Waals surface area (Å²) < 4.78 is 0. The van der Waals surface area contributed by atoms with Crippen molar-refractivity contribution in [2.45, 2.75) is 38.5 Å². The van der Waals surface area contributed by atoms with Gasteiger partial charge in [0.2, 0.25) is 11.8 Å². The van der Waals surface area contributed by atoms with E-state index in [2.05, 4.69) is 10.6 Å². The molecule has 0 heterocycles. The van der Waals surface area contributed by atoms with Gasteiger partial charge in [0.15, 0.2) is 0 Å². The quantitative estimate of drug-likeness (QED) is 0.290. The monoisotopic (exact) mass is 340 g/mol. The average Bonchev–Trinajstić information content (AvgIpc) is 2.52. The van der Waals surface area contributed by atoms with Crippen LogP contribution in [0.5, 0.6) is 0 Å². The summed E-state index contributed by atoms with van der Waals surface area (Å²) in [5.74, 6) is -3.13. The van der Waals surface area contributed by atoms with E-state index in [0.717, 1.165) is 62.8 Å². The average molecular weight is 340 g/mol. The second-order valence-electron chi connectivity index (χ2n) is 5.05. The Bertz CT molecular complexity index is 441. The van der Waals surface area contributed by atoms with Crippen molar-refractivity contribution < 1.29 is 29.4 Å². The van der Waals surface area contributed by atoms with Crippen molar-refractivity contribution in [3.05, 3.63) is 24.3 Å². The van der Waals surface area contributed by atoms with Crippen molar-refractivity contribution in [1.29, 1.82) is 0 Å². The van der Waals surface area contributed by atoms with Gasteiger partial charge in [-0.15, -0.1) is 0 Å². The van der Waals surface area contributed by atoms with Crippen LogP contribution in [-0.4, -0.2) is 47.1 Å². The van der Waals surface area contributed by atoms with Crippen LogP contribution in [-0.2, 0) is 19.2 Å². The summed E-state index contributed by atoms with van der Waals surface area (Å²) in [5, 5.41) is 21.9. The molecule has 0 saturated carbocycles. The number of rotatable bonds is 13. The molecule has 0 radical (unpaired) electrons. The summed E-state index contributed by atoms with van der Waals surface area (Å²) in [6.07, 6.45) is 9.14. The van der Waals surface area contributed by atoms with Crippen molar-refractivity contribution in [3.8, 4) is 0 Å². The molecule has 0 rings (SSSR count). The lowest BCUT2D eigenvalue weighted by atomic mass is 10.1. The Morgan fingerprint density at radius 3 is 1.25 bits per heavy atom. The van der Waals surface area contributed by atoms with Gasteiger partial charge in [0.25, 0.3) is 0 Å². The number of unbranched alkanes of at least 4 members (excludes halogenated alkanes) is 5. The van der Waals surface area contributed by atoms with Crippen LogP contribution in [0, 0.1) is 0 Å². The molecule has 8 nitrogen and oxygen atoms in total. The number of hydrogen-bond donors (Lipinski definition) is 4. The number of nitrogens with one attached hydrogen (secondary N) is 2. The molecule has 8 heteroatoms. The van der Waals surface area contributed by atoms with Gasteiger partial charge in [0.1, 0.15) is 0 Å². The minimum atomic E-state index is -1.15. The largest absolute Gasteiger partial charge is 0.478 e. The predicted octanol–water partition coefficient (Wildman–Crippen LogP) is 0.841. The molecule has 2 amide bonds. The van der Waals surface area contributed by atoms with Crippen LogP contribution in [0.4, 0.5) is 0 Å². The van der Waals surface area contributed by atoms with Crippen LogP contribution in [0.3, 0.4) is 0 Å². The molecule has 0 aromatic rings. The van der Waals surface area contributed by atoms with Gasteiger partial charge in [-0.05, 0) is 12.8 Å². The second-order valence-corrected chi connectivity index (χ2v) is 5.05. The Morgan fingerprint density at radius 1 is 0.583 bits per heavy atom. The van der Waals surface area contributed by atoms with Crippen molar-refractivity contribution in [2.75, 3.05) is 13.1 Å². The third-order valence-corrected chi connectivity index (χ3v) is 2.96. The van der Waals surface area contributed by atoms with Gasteiger partial charge in [-0.1, -0.05) is 25.7 Å². The van der Waals surface area contributed by atoms with Crippen molar-refractivity contribution in [3.63, 3.8) is 0 Å². The van der Waals surface area contributed by atoms with E-state index in [0.29, 0.717) is 13.1 Å². The summed E-state index contributed by atoms with van der Waals surface area (Å²) >= 11 is 0. The van der Waals surface area contributed by atoms with E-state index in [4.69, 9.17) is 10.2 Å². The first-order valence-electron chi connectivity index (χ1n) is 7.79. The summed E-state index contributed by atoms with van der Waals surface area (Å²) in [4.78, 5) is 42.7. The van der Waals surface area contributed by atoms with Gasteiger partial charge in [0, 0.05) is 37.4 Å². The van der Waals surface area contributed by atoms with E-state index in [1.165, 1.54) is 0 Å². The minimum absolute atomic E-state index is 0.412. The molecule has 0 saturated heterocycles. The van der Waals surface area contributed by atoms with Crippen LogP contribution in [0.25, 0.3) is 0 Å². The third kappa shape index (κ3) is 15.7. The zero-order valence-electron chi connectivity index (χ0n) is 13.5. The normalized spacial score (nSPS) is 10.8. The molecule has 0 bridgehead atoms. The van der Waals surface area contributed by atoms with Crippen LogP contribution < -0.4 is 10.6 Å². The molecular weight excluding hydrogens is 316 g/mol. The summed E-state index contributed by atoms with van der Waals surface area (Å²) in [7, 11) is 0. The van der Waals surface area contributed by atoms with Crippen molar-refractivity contribution in [1.82, 2.24) is 10.6 Å². The number of hydrogen-bond acceptors (Lipinski definition) is 4. The van der Waals surface area contributed by atoms with Crippen molar-refractivity contribution >= 4 is 23.8 Å². The fraction of sp³-hybridized carbons (Fsp3) is 0.500. The maximum Gasteiger partial charge on any atom is 0.328 e. The molecule has 0 aliphatic heterocycles. The lowest BCUT2D eigenvalue weighted by molar-refractivity contribution is -0.132. The highest BCUT2D eigenvalue weighted by atomic mass is 16.4. The topological polar surface area (TPSA) is 133 Å². The first kappa shape index (κ1) is 21.4. The Labute approximate surface area is 140 Å². The van der Waals surface area contributed by atoms with Crippen LogP contribution in [0.2, 0.25) is 0 Å². The van der Waals surface area contributed by atoms with Crippen molar-refractivity contribution in [2.24, 2.45) is 0 Å². The van der Waals surface area contributed by atoms with Gasteiger partial charge < -0.3 is 20.8 Å². The molecule has 0 spiro atoms. The van der Waals surface area contributed by atoms with E-state index in [-0.39, 0.29) is 0 Å². The van der Waals surface area contributed by atoms with Gasteiger partial charge in [-0.25, -0.2) is 9.59 Å². The van der Waals surface area contributed by atoms with E-state index >= 15 is 0 Å². The number of carboxylic acids is 2. The number of carbonyl (C=O) groups excluding carboxylic acids is 2. The molecule has 0 unspecified atom stereocenters. The van der Waals surface area contributed by atoms with Gasteiger partial charge >= 0.3 is 11.9 Å². The highest BCUT2D eigenvalue weighted by Gasteiger charge is 1.98. The molecule has 24 heavy (non-hydrogen) atoms. The standard InChI is InChI=1S/C16H24N2O6/c19-13(7-9-15(21)22)17-11-5-3-1-2-4-6-12-18-14(20)8-10-16(23)24/h7-10H,1-6,11-12H2,(H,17,19)(H,18,20)(H,21,22)(H,23,24)/b9-7-,10-8-. The van der Waals surface area contributed by atoms with E-state index in [1.54, 1.807) is 0 Å². The number of aliphatic carboxylic acids is 2. The Kier molecular flexibility index (Phi) is 12.4. The molecule has 0 aliphatic carbocycles. The molecule has 4 N–H and O–H groups in total. The Morgan fingerprint density at radius 2 is 0.917 bits per heavy atom. The van der Waals surface area contributed by atoms with Crippen LogP contribution >= 0.6 is 0 Å². The second kappa shape index (κ2) is 14.0. The maximum absolute atomic E-state index is 11.2. The SMILES string of the molecule is O=C(O)/C=C\C(=O)NCCCCCCCCNC(=O)/C=C\C(=O)O. The fourth-order valence-corrected chi connectivity index (χ4v) is 1.79. The highest BCUT2D eigenvalue weighted by Crippen LogP contribution is 2.04. The fourth-order valence-electron chi connectivity index (χ4n) is 1.79. The number of carbonyl (C=O) groups is 4. The molecule has 0 aliphatic rings. The van der Waals surface area contributed by atoms with Gasteiger partial charge in [0.05, 0.1) is 0 Å². The minimum Gasteiger partial charge on any atom is -0.478 e. The summed E-state index contributed by atoms with van der Waals surface area (Å²) in [6, 6.07) is 0. The first-order chi connectivity index (χ1) is 11.4. The molecule has 0 aromatic heterocycles. The first-order valence-corrected chi connectivity index (χ1v) is 7.79. The Hall–Kier alpha value is -2.64. The van der Waals surface area contributed by atoms with Gasteiger partial charge in [-0.2, -0.15) is 0 Å². The maximum atomic E-state index is 11.2. The molecular formula is C16H24N2O6. The summed E-state index contributed by atoms with van der Waals surface area (Å²) in [5.41, 5.74) is 0. The highest BCUT2D eigenvalue weighted by molar-refractivity contribution is 5.94. The van der Waals surface area contributed by atoms with E-state index in [9.17, 15) is 19.2 Å². The van der Waals surface area contributed by atoms with Crippen LogP contribution in [0.15, 0.2) is 24.3 Å². The number of carboxylic acid groups (broad SMARTS) is 2. The zero-order valence-corrected chi connectivity index (χ0v) is 13.5. The van der Waals surface area contributed by atoms with Crippen LogP contribution in [0.1, 0.15) is 38.5 Å².